The van der Waals surface area contributed by atoms with Crippen molar-refractivity contribution in [2.45, 2.75) is 37.9 Å². The molecule has 1 aliphatic rings. The van der Waals surface area contributed by atoms with Crippen LogP contribution in [0.4, 0.5) is 14.6 Å². The highest BCUT2D eigenvalue weighted by molar-refractivity contribution is 7.99. The van der Waals surface area contributed by atoms with Gasteiger partial charge in [0.15, 0.2) is 10.8 Å². The van der Waals surface area contributed by atoms with Crippen LogP contribution in [0.5, 0.6) is 0 Å². The average molecular weight is 447 g/mol. The molecule has 4 rings (SSSR count). The number of benzene rings is 1. The quantitative estimate of drug-likeness (QED) is 0.421. The van der Waals surface area contributed by atoms with Gasteiger partial charge in [0.05, 0.1) is 18.1 Å². The van der Waals surface area contributed by atoms with Gasteiger partial charge in [0.25, 0.3) is 5.91 Å². The number of nitrogens with zero attached hydrogens (tertiary/aromatic N) is 5. The number of nitrogens with one attached hydrogen (secondary N) is 1. The molecule has 0 atom stereocenters. The number of thioether (sulfide) groups is 1. The van der Waals surface area contributed by atoms with Gasteiger partial charge in [0.1, 0.15) is 23.0 Å². The molecule has 0 bridgehead atoms. The van der Waals surface area contributed by atoms with Crippen molar-refractivity contribution in [3.63, 3.8) is 0 Å². The van der Waals surface area contributed by atoms with Gasteiger partial charge in [-0.05, 0) is 31.4 Å². The summed E-state index contributed by atoms with van der Waals surface area (Å²) in [6, 6.07) is 3.35. The van der Waals surface area contributed by atoms with Crippen molar-refractivity contribution in [2.75, 3.05) is 30.3 Å². The van der Waals surface area contributed by atoms with Crippen LogP contribution in [0.3, 0.4) is 0 Å². The third kappa shape index (κ3) is 4.63. The van der Waals surface area contributed by atoms with Gasteiger partial charge in [-0.15, -0.1) is 0 Å². The number of anilines is 1. The van der Waals surface area contributed by atoms with Crippen LogP contribution in [0.25, 0.3) is 11.0 Å². The van der Waals surface area contributed by atoms with Crippen LogP contribution in [-0.2, 0) is 6.54 Å². The molecule has 3 aromatic rings. The van der Waals surface area contributed by atoms with E-state index in [2.05, 4.69) is 27.2 Å². The normalized spacial score (nSPS) is 13.8. The summed E-state index contributed by atoms with van der Waals surface area (Å²) < 4.78 is 29.3. The maximum atomic E-state index is 13.8. The molecule has 1 aliphatic heterocycles. The Balaban J connectivity index is 1.53. The summed E-state index contributed by atoms with van der Waals surface area (Å²) in [5.41, 5.74) is 0.117. The first-order chi connectivity index (χ1) is 15.1. The topological polar surface area (TPSA) is 75.9 Å². The highest BCUT2D eigenvalue weighted by Crippen LogP contribution is 2.29. The van der Waals surface area contributed by atoms with Crippen molar-refractivity contribution >= 4 is 34.5 Å². The third-order valence-corrected chi connectivity index (χ3v) is 6.15. The molecule has 1 saturated heterocycles. The summed E-state index contributed by atoms with van der Waals surface area (Å²) in [5.74, 6) is -0.753. The zero-order chi connectivity index (χ0) is 21.8. The van der Waals surface area contributed by atoms with E-state index in [1.54, 1.807) is 22.6 Å². The molecule has 31 heavy (non-hydrogen) atoms. The Morgan fingerprint density at radius 3 is 2.65 bits per heavy atom. The highest BCUT2D eigenvalue weighted by Gasteiger charge is 2.21. The third-order valence-electron chi connectivity index (χ3n) is 5.10. The summed E-state index contributed by atoms with van der Waals surface area (Å²) >= 11 is 1.61. The lowest BCUT2D eigenvalue weighted by Gasteiger charge is -2.18. The van der Waals surface area contributed by atoms with E-state index in [1.165, 1.54) is 6.07 Å². The number of halogens is 2. The standard InChI is InChI=1S/C21H24F2N6OS/c1-2-12-31-21-26-18(28-9-3-4-10-28)14-13-25-29(19(14)27-21)11-8-24-20(30)17-15(22)6-5-7-16(17)23/h5-7,13H,2-4,8-12H2,1H3,(H,24,30). The zero-order valence-electron chi connectivity index (χ0n) is 17.3. The van der Waals surface area contributed by atoms with E-state index < -0.39 is 23.1 Å². The molecule has 1 aromatic carbocycles. The molecule has 1 amide bonds. The zero-order valence-corrected chi connectivity index (χ0v) is 18.1. The summed E-state index contributed by atoms with van der Waals surface area (Å²) in [5, 5.41) is 8.57. The molecule has 7 nitrogen and oxygen atoms in total. The van der Waals surface area contributed by atoms with Gasteiger partial charge < -0.3 is 10.2 Å². The van der Waals surface area contributed by atoms with E-state index in [4.69, 9.17) is 4.98 Å². The van der Waals surface area contributed by atoms with Gasteiger partial charge in [0, 0.05) is 25.4 Å². The summed E-state index contributed by atoms with van der Waals surface area (Å²) in [4.78, 5) is 23.9. The van der Waals surface area contributed by atoms with Crippen molar-refractivity contribution in [1.29, 1.82) is 0 Å². The monoisotopic (exact) mass is 446 g/mol. The summed E-state index contributed by atoms with van der Waals surface area (Å²) in [7, 11) is 0. The van der Waals surface area contributed by atoms with Crippen LogP contribution in [0.2, 0.25) is 0 Å². The number of carbonyl (C=O) groups is 1. The van der Waals surface area contributed by atoms with Crippen molar-refractivity contribution in [2.24, 2.45) is 0 Å². The maximum absolute atomic E-state index is 13.8. The van der Waals surface area contributed by atoms with E-state index in [0.29, 0.717) is 17.3 Å². The van der Waals surface area contributed by atoms with E-state index in [-0.39, 0.29) is 6.54 Å². The second-order valence-corrected chi connectivity index (χ2v) is 8.39. The molecule has 1 fully saturated rings. The Morgan fingerprint density at radius 2 is 1.94 bits per heavy atom. The minimum absolute atomic E-state index is 0.157. The van der Waals surface area contributed by atoms with Crippen molar-refractivity contribution in [3.05, 3.63) is 41.6 Å². The van der Waals surface area contributed by atoms with Gasteiger partial charge in [-0.2, -0.15) is 5.10 Å². The molecule has 0 spiro atoms. The fourth-order valence-electron chi connectivity index (χ4n) is 3.59. The van der Waals surface area contributed by atoms with E-state index >= 15 is 0 Å². The number of carbonyl (C=O) groups excluding carboxylic acids is 1. The van der Waals surface area contributed by atoms with Gasteiger partial charge in [-0.25, -0.2) is 23.4 Å². The number of hydrogen-bond acceptors (Lipinski definition) is 6. The van der Waals surface area contributed by atoms with Crippen LogP contribution in [0, 0.1) is 11.6 Å². The Hall–Kier alpha value is -2.75. The van der Waals surface area contributed by atoms with Gasteiger partial charge in [0.2, 0.25) is 0 Å². The first-order valence-electron chi connectivity index (χ1n) is 10.4. The van der Waals surface area contributed by atoms with Crippen LogP contribution in [0.1, 0.15) is 36.5 Å². The maximum Gasteiger partial charge on any atom is 0.257 e. The van der Waals surface area contributed by atoms with Crippen LogP contribution in [-0.4, -0.2) is 51.0 Å². The number of aromatic nitrogens is 4. The van der Waals surface area contributed by atoms with Gasteiger partial charge >= 0.3 is 0 Å². The van der Waals surface area contributed by atoms with Crippen molar-refractivity contribution in [1.82, 2.24) is 25.1 Å². The number of hydrogen-bond donors (Lipinski definition) is 1. The second kappa shape index (κ2) is 9.59. The Bertz CT molecular complexity index is 1060. The first kappa shape index (κ1) is 21.5. The molecule has 1 N–H and O–H groups in total. The average Bonchev–Trinajstić information content (AvgIpc) is 3.42. The van der Waals surface area contributed by atoms with E-state index in [1.807, 2.05) is 0 Å². The van der Waals surface area contributed by atoms with Gasteiger partial charge in [-0.3, -0.25) is 4.79 Å². The van der Waals surface area contributed by atoms with E-state index in [0.717, 1.165) is 61.4 Å². The van der Waals surface area contributed by atoms with Crippen molar-refractivity contribution < 1.29 is 13.6 Å². The fraction of sp³-hybridized carbons (Fsp3) is 0.429. The molecular formula is C21H24F2N6OS. The SMILES string of the molecule is CCCSc1nc(N2CCCC2)c2cnn(CCNC(=O)c3c(F)cccc3F)c2n1. The molecule has 0 saturated carbocycles. The predicted octanol–water partition coefficient (Wildman–Crippen LogP) is 3.64. The van der Waals surface area contributed by atoms with E-state index in [9.17, 15) is 13.6 Å². The lowest BCUT2D eigenvalue weighted by Crippen LogP contribution is -2.29. The highest BCUT2D eigenvalue weighted by atomic mass is 32.2. The largest absolute Gasteiger partial charge is 0.356 e. The van der Waals surface area contributed by atoms with Crippen LogP contribution < -0.4 is 10.2 Å². The lowest BCUT2D eigenvalue weighted by molar-refractivity contribution is 0.0943. The molecule has 2 aromatic heterocycles. The molecule has 164 valence electrons. The molecule has 0 unspecified atom stereocenters. The second-order valence-electron chi connectivity index (χ2n) is 7.33. The molecule has 10 heteroatoms. The number of amides is 1. The number of rotatable bonds is 8. The minimum Gasteiger partial charge on any atom is -0.356 e. The lowest BCUT2D eigenvalue weighted by atomic mass is 10.2. The molecular weight excluding hydrogens is 422 g/mol. The fourth-order valence-corrected chi connectivity index (χ4v) is 4.28. The Morgan fingerprint density at radius 1 is 1.19 bits per heavy atom. The minimum atomic E-state index is -0.886. The summed E-state index contributed by atoms with van der Waals surface area (Å²) in [6.45, 7) is 4.50. The van der Waals surface area contributed by atoms with Crippen LogP contribution in [0.15, 0.2) is 29.6 Å². The van der Waals surface area contributed by atoms with Crippen LogP contribution >= 0.6 is 11.8 Å². The molecule has 0 radical (unpaired) electrons. The molecule has 0 aliphatic carbocycles. The first-order valence-corrected chi connectivity index (χ1v) is 11.4. The predicted molar refractivity (Wildman–Crippen MR) is 116 cm³/mol. The smallest absolute Gasteiger partial charge is 0.257 e. The summed E-state index contributed by atoms with van der Waals surface area (Å²) in [6.07, 6.45) is 5.03. The Labute approximate surface area is 183 Å². The Kier molecular flexibility index (Phi) is 6.64. The number of fused-ring (bicyclic) bond motifs is 1. The van der Waals surface area contributed by atoms with Crippen molar-refractivity contribution in [3.8, 4) is 0 Å². The molecule has 3 heterocycles. The van der Waals surface area contributed by atoms with Gasteiger partial charge in [-0.1, -0.05) is 24.8 Å².